The summed E-state index contributed by atoms with van der Waals surface area (Å²) < 4.78 is 14.7. The fraction of sp³-hybridized carbons (Fsp3) is 0.267. The van der Waals surface area contributed by atoms with Crippen LogP contribution in [0.5, 0.6) is 0 Å². The van der Waals surface area contributed by atoms with Crippen molar-refractivity contribution in [2.24, 2.45) is 7.05 Å². The van der Waals surface area contributed by atoms with E-state index in [0.29, 0.717) is 24.5 Å². The molecule has 0 aliphatic rings. The maximum atomic E-state index is 13.2. The van der Waals surface area contributed by atoms with Crippen LogP contribution in [-0.4, -0.2) is 26.2 Å². The first-order chi connectivity index (χ1) is 11.0. The monoisotopic (exact) mass is 317 g/mol. The van der Waals surface area contributed by atoms with Crippen molar-refractivity contribution in [1.29, 1.82) is 0 Å². The van der Waals surface area contributed by atoms with E-state index in [1.807, 2.05) is 6.20 Å². The highest BCUT2D eigenvalue weighted by molar-refractivity contribution is 5.83. The topological polar surface area (TPSA) is 88.8 Å². The van der Waals surface area contributed by atoms with Crippen LogP contribution in [-0.2, 0) is 13.5 Å². The first-order valence-corrected chi connectivity index (χ1v) is 7.14. The van der Waals surface area contributed by atoms with Gasteiger partial charge in [-0.15, -0.1) is 0 Å². The normalized spacial score (nSPS) is 11.1. The Morgan fingerprint density at radius 2 is 2.26 bits per heavy atom. The lowest BCUT2D eigenvalue weighted by Crippen LogP contribution is -2.09. The van der Waals surface area contributed by atoms with Gasteiger partial charge in [-0.05, 0) is 37.1 Å². The van der Waals surface area contributed by atoms with Crippen LogP contribution >= 0.6 is 0 Å². The zero-order valence-corrected chi connectivity index (χ0v) is 12.8. The Morgan fingerprint density at radius 3 is 3.00 bits per heavy atom. The van der Waals surface area contributed by atoms with E-state index in [1.165, 1.54) is 16.8 Å². The smallest absolute Gasteiger partial charge is 0.333 e. The molecule has 3 aromatic rings. The van der Waals surface area contributed by atoms with Gasteiger partial charge in [0.15, 0.2) is 0 Å². The lowest BCUT2D eigenvalue weighted by molar-refractivity contribution is -0.384. The molecule has 23 heavy (non-hydrogen) atoms. The summed E-state index contributed by atoms with van der Waals surface area (Å²) >= 11 is 0. The molecule has 0 radical (unpaired) electrons. The minimum absolute atomic E-state index is 0.00602. The fourth-order valence-corrected chi connectivity index (χ4v) is 2.74. The molecular weight excluding hydrogens is 301 g/mol. The number of nitro groups is 1. The zero-order valence-electron chi connectivity index (χ0n) is 12.8. The molecule has 0 bridgehead atoms. The molecule has 2 N–H and O–H groups in total. The highest BCUT2D eigenvalue weighted by Gasteiger charge is 2.23. The standard InChI is InChI=1S/C15H16FN5O2/c1-9-14(21(22)23)15(20(2)19-9)17-6-5-10-8-18-13-7-11(16)3-4-12(10)13/h3-4,7-8,17-18H,5-6H2,1-2H3. The highest BCUT2D eigenvalue weighted by Crippen LogP contribution is 2.27. The number of fused-ring (bicyclic) bond motifs is 1. The highest BCUT2D eigenvalue weighted by atomic mass is 19.1. The summed E-state index contributed by atoms with van der Waals surface area (Å²) in [6.07, 6.45) is 2.47. The second-order valence-electron chi connectivity index (χ2n) is 5.34. The summed E-state index contributed by atoms with van der Waals surface area (Å²) in [7, 11) is 1.66. The van der Waals surface area contributed by atoms with Crippen molar-refractivity contribution in [3.8, 4) is 0 Å². The number of nitrogens with zero attached hydrogens (tertiary/aromatic N) is 3. The molecule has 120 valence electrons. The van der Waals surface area contributed by atoms with E-state index in [-0.39, 0.29) is 11.5 Å². The first kappa shape index (κ1) is 15.0. The minimum Gasteiger partial charge on any atom is -0.364 e. The van der Waals surface area contributed by atoms with Crippen molar-refractivity contribution in [3.63, 3.8) is 0 Å². The zero-order chi connectivity index (χ0) is 16.6. The molecule has 3 rings (SSSR count). The van der Waals surface area contributed by atoms with E-state index < -0.39 is 4.92 Å². The van der Waals surface area contributed by atoms with E-state index in [0.717, 1.165) is 16.5 Å². The maximum Gasteiger partial charge on any atom is 0.333 e. The van der Waals surface area contributed by atoms with Crippen LogP contribution in [0.25, 0.3) is 10.9 Å². The molecule has 0 saturated carbocycles. The number of hydrogen-bond donors (Lipinski definition) is 2. The Kier molecular flexibility index (Phi) is 3.73. The summed E-state index contributed by atoms with van der Waals surface area (Å²) in [6, 6.07) is 4.59. The average molecular weight is 317 g/mol. The van der Waals surface area contributed by atoms with E-state index in [1.54, 1.807) is 20.0 Å². The quantitative estimate of drug-likeness (QED) is 0.559. The summed E-state index contributed by atoms with van der Waals surface area (Å²) in [5, 5.41) is 19.2. The average Bonchev–Trinajstić information content (AvgIpc) is 3.00. The fourth-order valence-electron chi connectivity index (χ4n) is 2.74. The third-order valence-electron chi connectivity index (χ3n) is 3.79. The molecule has 1 aromatic carbocycles. The van der Waals surface area contributed by atoms with Gasteiger partial charge in [0, 0.05) is 30.7 Å². The second-order valence-corrected chi connectivity index (χ2v) is 5.34. The van der Waals surface area contributed by atoms with E-state index in [2.05, 4.69) is 15.4 Å². The van der Waals surface area contributed by atoms with E-state index in [9.17, 15) is 14.5 Å². The maximum absolute atomic E-state index is 13.2. The van der Waals surface area contributed by atoms with E-state index in [4.69, 9.17) is 0 Å². The van der Waals surface area contributed by atoms with Crippen LogP contribution < -0.4 is 5.32 Å². The van der Waals surface area contributed by atoms with Gasteiger partial charge in [-0.25, -0.2) is 9.07 Å². The number of aromatic nitrogens is 3. The molecule has 0 aliphatic carbocycles. The van der Waals surface area contributed by atoms with Gasteiger partial charge in [0.25, 0.3) is 0 Å². The van der Waals surface area contributed by atoms with Crippen LogP contribution in [0, 0.1) is 22.9 Å². The summed E-state index contributed by atoms with van der Waals surface area (Å²) in [5.74, 6) is 0.100. The molecular formula is C15H16FN5O2. The summed E-state index contributed by atoms with van der Waals surface area (Å²) in [4.78, 5) is 13.7. The van der Waals surface area contributed by atoms with Gasteiger partial charge in [0.2, 0.25) is 5.82 Å². The van der Waals surface area contributed by atoms with Crippen molar-refractivity contribution >= 4 is 22.4 Å². The van der Waals surface area contributed by atoms with Gasteiger partial charge in [0.05, 0.1) is 4.92 Å². The molecule has 0 saturated heterocycles. The third kappa shape index (κ3) is 2.75. The Balaban J connectivity index is 1.76. The van der Waals surface area contributed by atoms with Crippen molar-refractivity contribution < 1.29 is 9.31 Å². The van der Waals surface area contributed by atoms with Crippen LogP contribution in [0.2, 0.25) is 0 Å². The number of H-pyrrole nitrogens is 1. The van der Waals surface area contributed by atoms with Crippen molar-refractivity contribution in [3.05, 3.63) is 51.6 Å². The van der Waals surface area contributed by atoms with Gasteiger partial charge >= 0.3 is 5.69 Å². The van der Waals surface area contributed by atoms with Gasteiger partial charge in [-0.2, -0.15) is 5.10 Å². The summed E-state index contributed by atoms with van der Waals surface area (Å²) in [6.45, 7) is 2.11. The van der Waals surface area contributed by atoms with Crippen LogP contribution in [0.3, 0.4) is 0 Å². The number of rotatable bonds is 5. The van der Waals surface area contributed by atoms with Crippen molar-refractivity contribution in [1.82, 2.24) is 14.8 Å². The van der Waals surface area contributed by atoms with Crippen LogP contribution in [0.4, 0.5) is 15.9 Å². The van der Waals surface area contributed by atoms with Gasteiger partial charge in [-0.1, -0.05) is 0 Å². The van der Waals surface area contributed by atoms with Crippen LogP contribution in [0.15, 0.2) is 24.4 Å². The number of hydrogen-bond acceptors (Lipinski definition) is 4. The first-order valence-electron chi connectivity index (χ1n) is 7.14. The number of anilines is 1. The lowest BCUT2D eigenvalue weighted by atomic mass is 10.1. The number of aryl methyl sites for hydroxylation is 2. The van der Waals surface area contributed by atoms with Crippen LogP contribution in [0.1, 0.15) is 11.3 Å². The third-order valence-corrected chi connectivity index (χ3v) is 3.79. The van der Waals surface area contributed by atoms with Crippen molar-refractivity contribution in [2.45, 2.75) is 13.3 Å². The number of nitrogens with one attached hydrogen (secondary N) is 2. The molecule has 0 amide bonds. The SMILES string of the molecule is Cc1nn(C)c(NCCc2c[nH]c3cc(F)ccc23)c1[N+](=O)[O-]. The molecule has 0 atom stereocenters. The molecule has 0 fully saturated rings. The largest absolute Gasteiger partial charge is 0.364 e. The second kappa shape index (κ2) is 5.71. The minimum atomic E-state index is -0.431. The Labute approximate surface area is 131 Å². The Hall–Kier alpha value is -2.90. The Morgan fingerprint density at radius 1 is 1.48 bits per heavy atom. The van der Waals surface area contributed by atoms with Crippen molar-refractivity contribution in [2.75, 3.05) is 11.9 Å². The molecule has 7 nitrogen and oxygen atoms in total. The van der Waals surface area contributed by atoms with E-state index >= 15 is 0 Å². The van der Waals surface area contributed by atoms with Gasteiger partial charge in [0.1, 0.15) is 11.5 Å². The molecule has 2 heterocycles. The molecule has 2 aromatic heterocycles. The molecule has 8 heteroatoms. The number of halogens is 1. The number of aromatic amines is 1. The summed E-state index contributed by atoms with van der Waals surface area (Å²) in [5.41, 5.74) is 2.13. The van der Waals surface area contributed by atoms with Gasteiger partial charge < -0.3 is 10.3 Å². The molecule has 0 unspecified atom stereocenters. The predicted octanol–water partition coefficient (Wildman–Crippen LogP) is 2.91. The van der Waals surface area contributed by atoms with Gasteiger partial charge in [-0.3, -0.25) is 10.1 Å². The molecule has 0 aliphatic heterocycles. The number of benzene rings is 1. The molecule has 0 spiro atoms. The lowest BCUT2D eigenvalue weighted by Gasteiger charge is -2.05. The predicted molar refractivity (Wildman–Crippen MR) is 85.0 cm³/mol. The Bertz CT molecular complexity index is 884.